The SMILES string of the molecule is BrC(Br)(Br)c1cccc([CH]c2ccccc2)c1. The molecule has 0 saturated carbocycles. The van der Waals surface area contributed by atoms with Crippen LogP contribution in [0.25, 0.3) is 0 Å². The summed E-state index contributed by atoms with van der Waals surface area (Å²) >= 11 is 10.6. The van der Waals surface area contributed by atoms with Crippen LogP contribution in [0.1, 0.15) is 16.7 Å². The molecule has 0 nitrogen and oxygen atoms in total. The third kappa shape index (κ3) is 3.94. The van der Waals surface area contributed by atoms with Gasteiger partial charge < -0.3 is 0 Å². The molecule has 0 amide bonds. The van der Waals surface area contributed by atoms with Crippen LogP contribution in [-0.2, 0) is 2.14 Å². The van der Waals surface area contributed by atoms with Gasteiger partial charge in [0.25, 0.3) is 0 Å². The monoisotopic (exact) mass is 415 g/mol. The van der Waals surface area contributed by atoms with Crippen LogP contribution in [0.2, 0.25) is 0 Å². The van der Waals surface area contributed by atoms with Crippen molar-refractivity contribution >= 4 is 47.8 Å². The normalized spacial score (nSPS) is 11.5. The Bertz CT molecular complexity index is 486. The second-order valence-electron chi connectivity index (χ2n) is 3.68. The third-order valence-corrected chi connectivity index (χ3v) is 3.72. The predicted octanol–water partition coefficient (Wildman–Crippen LogP) is 5.58. The fourth-order valence-electron chi connectivity index (χ4n) is 1.55. The lowest BCUT2D eigenvalue weighted by Crippen LogP contribution is -1.98. The van der Waals surface area contributed by atoms with E-state index in [-0.39, 0.29) is 2.14 Å². The zero-order chi connectivity index (χ0) is 12.3. The third-order valence-electron chi connectivity index (χ3n) is 2.35. The lowest BCUT2D eigenvalue weighted by molar-refractivity contribution is 1.32. The summed E-state index contributed by atoms with van der Waals surface area (Å²) in [5.41, 5.74) is 3.51. The molecule has 0 N–H and O–H groups in total. The van der Waals surface area contributed by atoms with Gasteiger partial charge in [0.1, 0.15) is 0 Å². The van der Waals surface area contributed by atoms with Crippen LogP contribution in [0.5, 0.6) is 0 Å². The maximum atomic E-state index is 3.53. The van der Waals surface area contributed by atoms with Crippen LogP contribution in [0.15, 0.2) is 54.6 Å². The van der Waals surface area contributed by atoms with Crippen LogP contribution in [0.3, 0.4) is 0 Å². The Hall–Kier alpha value is -0.120. The molecule has 0 aromatic heterocycles. The van der Waals surface area contributed by atoms with E-state index in [0.717, 1.165) is 5.56 Å². The van der Waals surface area contributed by atoms with Gasteiger partial charge in [-0.2, -0.15) is 0 Å². The van der Waals surface area contributed by atoms with Crippen LogP contribution >= 0.6 is 47.8 Å². The molecule has 0 bridgehead atoms. The number of alkyl halides is 3. The lowest BCUT2D eigenvalue weighted by atomic mass is 10.0. The highest BCUT2D eigenvalue weighted by Gasteiger charge is 2.20. The van der Waals surface area contributed by atoms with Gasteiger partial charge in [-0.05, 0) is 16.7 Å². The van der Waals surface area contributed by atoms with E-state index in [1.54, 1.807) is 0 Å². The van der Waals surface area contributed by atoms with Crippen molar-refractivity contribution in [2.45, 2.75) is 2.14 Å². The van der Waals surface area contributed by atoms with E-state index in [2.05, 4.69) is 84.5 Å². The Morgan fingerprint density at radius 3 is 2.06 bits per heavy atom. The number of halogens is 3. The predicted molar refractivity (Wildman–Crippen MR) is 83.8 cm³/mol. The van der Waals surface area contributed by atoms with Crippen LogP contribution < -0.4 is 0 Å². The zero-order valence-corrected chi connectivity index (χ0v) is 13.7. The van der Waals surface area contributed by atoms with E-state index in [4.69, 9.17) is 0 Å². The fraction of sp³-hybridized carbons (Fsp3) is 0.0714. The second kappa shape index (κ2) is 5.68. The topological polar surface area (TPSA) is 0 Å². The first-order valence-corrected chi connectivity index (χ1v) is 7.51. The lowest BCUT2D eigenvalue weighted by Gasteiger charge is -2.13. The highest BCUT2D eigenvalue weighted by molar-refractivity contribution is 9.38. The van der Waals surface area contributed by atoms with Crippen LogP contribution in [0, 0.1) is 6.42 Å². The Balaban J connectivity index is 2.23. The highest BCUT2D eigenvalue weighted by atomic mass is 80.0. The van der Waals surface area contributed by atoms with Gasteiger partial charge >= 0.3 is 0 Å². The van der Waals surface area contributed by atoms with Gasteiger partial charge in [-0.25, -0.2) is 0 Å². The van der Waals surface area contributed by atoms with Crippen molar-refractivity contribution in [2.75, 3.05) is 0 Å². The smallest absolute Gasteiger partial charge is 0.0622 e. The van der Waals surface area contributed by atoms with E-state index in [1.807, 2.05) is 24.3 Å². The highest BCUT2D eigenvalue weighted by Crippen LogP contribution is 2.44. The molecule has 2 aromatic rings. The molecule has 0 heterocycles. The average Bonchev–Trinajstić information content (AvgIpc) is 2.29. The fourth-order valence-corrected chi connectivity index (χ4v) is 2.29. The molecule has 2 aromatic carbocycles. The summed E-state index contributed by atoms with van der Waals surface area (Å²) in [6, 6.07) is 18.6. The molecule has 0 spiro atoms. The van der Waals surface area contributed by atoms with Gasteiger partial charge in [0.05, 0.1) is 0 Å². The van der Waals surface area contributed by atoms with Gasteiger partial charge in [-0.1, -0.05) is 102 Å². The summed E-state index contributed by atoms with van der Waals surface area (Å²) in [6.45, 7) is 0. The summed E-state index contributed by atoms with van der Waals surface area (Å²) in [5, 5.41) is 0. The maximum Gasteiger partial charge on any atom is 0.159 e. The first-order valence-electron chi connectivity index (χ1n) is 5.13. The molecular formula is C14H10Br3. The van der Waals surface area contributed by atoms with Gasteiger partial charge in [0, 0.05) is 6.42 Å². The number of hydrogen-bond donors (Lipinski definition) is 0. The van der Waals surface area contributed by atoms with E-state index in [0.29, 0.717) is 0 Å². The molecule has 0 unspecified atom stereocenters. The molecule has 87 valence electrons. The maximum absolute atomic E-state index is 3.53. The average molecular weight is 418 g/mol. The summed E-state index contributed by atoms with van der Waals surface area (Å²) in [7, 11) is 0. The summed E-state index contributed by atoms with van der Waals surface area (Å²) < 4.78 is -0.354. The van der Waals surface area contributed by atoms with Gasteiger partial charge in [0.15, 0.2) is 2.14 Å². The molecule has 0 fully saturated rings. The summed E-state index contributed by atoms with van der Waals surface area (Å²) in [5.74, 6) is 0. The van der Waals surface area contributed by atoms with Crippen molar-refractivity contribution in [3.8, 4) is 0 Å². The summed E-state index contributed by atoms with van der Waals surface area (Å²) in [4.78, 5) is 0. The van der Waals surface area contributed by atoms with Crippen molar-refractivity contribution in [3.05, 3.63) is 77.7 Å². The molecule has 0 saturated heterocycles. The van der Waals surface area contributed by atoms with Gasteiger partial charge in [-0.15, -0.1) is 0 Å². The Kier molecular flexibility index (Phi) is 4.45. The molecule has 0 atom stereocenters. The molecule has 3 heteroatoms. The Morgan fingerprint density at radius 1 is 0.765 bits per heavy atom. The van der Waals surface area contributed by atoms with Gasteiger partial charge in [0.2, 0.25) is 0 Å². The van der Waals surface area contributed by atoms with Gasteiger partial charge in [-0.3, -0.25) is 0 Å². The molecule has 0 aliphatic heterocycles. The van der Waals surface area contributed by atoms with Crippen molar-refractivity contribution in [1.29, 1.82) is 0 Å². The standard InChI is InChI=1S/C14H10Br3/c15-14(16,17)13-8-4-7-12(10-13)9-11-5-2-1-3-6-11/h1-10H. The molecule has 17 heavy (non-hydrogen) atoms. The Labute approximate surface area is 127 Å². The molecule has 0 aliphatic rings. The van der Waals surface area contributed by atoms with Crippen molar-refractivity contribution < 1.29 is 0 Å². The first kappa shape index (κ1) is 13.3. The quantitative estimate of drug-likeness (QED) is 0.559. The van der Waals surface area contributed by atoms with Crippen molar-refractivity contribution in [1.82, 2.24) is 0 Å². The van der Waals surface area contributed by atoms with Crippen molar-refractivity contribution in [2.24, 2.45) is 0 Å². The minimum atomic E-state index is -0.354. The van der Waals surface area contributed by atoms with E-state index >= 15 is 0 Å². The summed E-state index contributed by atoms with van der Waals surface area (Å²) in [6.07, 6.45) is 2.15. The molecule has 0 aliphatic carbocycles. The largest absolute Gasteiger partial charge is 0.159 e. The molecular weight excluding hydrogens is 408 g/mol. The number of hydrogen-bond acceptors (Lipinski definition) is 0. The molecule has 2 rings (SSSR count). The minimum absolute atomic E-state index is 0.354. The van der Waals surface area contributed by atoms with E-state index in [1.165, 1.54) is 11.1 Å². The van der Waals surface area contributed by atoms with E-state index in [9.17, 15) is 0 Å². The number of benzene rings is 2. The first-order chi connectivity index (χ1) is 8.05. The Morgan fingerprint density at radius 2 is 1.41 bits per heavy atom. The van der Waals surface area contributed by atoms with E-state index < -0.39 is 0 Å². The second-order valence-corrected chi connectivity index (χ2v) is 10.4. The van der Waals surface area contributed by atoms with Crippen LogP contribution in [0.4, 0.5) is 0 Å². The van der Waals surface area contributed by atoms with Crippen molar-refractivity contribution in [3.63, 3.8) is 0 Å². The zero-order valence-electron chi connectivity index (χ0n) is 8.91. The number of rotatable bonds is 2. The minimum Gasteiger partial charge on any atom is -0.0622 e. The van der Waals surface area contributed by atoms with Crippen LogP contribution in [-0.4, -0.2) is 0 Å². The molecule has 1 radical (unpaired) electrons.